The summed E-state index contributed by atoms with van der Waals surface area (Å²) in [6.07, 6.45) is 1.13. The van der Waals surface area contributed by atoms with E-state index in [9.17, 15) is 13.2 Å². The topological polar surface area (TPSA) is 83.5 Å². The van der Waals surface area contributed by atoms with Gasteiger partial charge in [-0.2, -0.15) is 0 Å². The average molecular weight is 292 g/mol. The van der Waals surface area contributed by atoms with Gasteiger partial charge in [-0.05, 0) is 37.1 Å². The van der Waals surface area contributed by atoms with Crippen molar-refractivity contribution in [2.24, 2.45) is 0 Å². The first-order chi connectivity index (χ1) is 8.44. The van der Waals surface area contributed by atoms with E-state index in [4.69, 9.17) is 16.7 Å². The number of carbonyl (C=O) groups is 1. The molecule has 0 aliphatic heterocycles. The van der Waals surface area contributed by atoms with Crippen LogP contribution >= 0.6 is 11.6 Å². The Bertz CT molecular complexity index is 498. The van der Waals surface area contributed by atoms with Crippen LogP contribution in [0.5, 0.6) is 0 Å². The fourth-order valence-electron chi connectivity index (χ4n) is 1.30. The molecule has 0 aliphatic rings. The Labute approximate surface area is 111 Å². The largest absolute Gasteiger partial charge is 0.478 e. The smallest absolute Gasteiger partial charge is 0.335 e. The first-order valence-electron chi connectivity index (χ1n) is 5.34. The van der Waals surface area contributed by atoms with Gasteiger partial charge in [0.2, 0.25) is 10.0 Å². The third-order valence-electron chi connectivity index (χ3n) is 2.20. The van der Waals surface area contributed by atoms with Crippen LogP contribution in [0.4, 0.5) is 5.69 Å². The zero-order chi connectivity index (χ0) is 13.6. The van der Waals surface area contributed by atoms with Crippen LogP contribution < -0.4 is 4.72 Å². The molecule has 5 nitrogen and oxygen atoms in total. The molecule has 0 radical (unpaired) electrons. The maximum absolute atomic E-state index is 11.6. The third-order valence-corrected chi connectivity index (χ3v) is 3.84. The number of anilines is 1. The van der Waals surface area contributed by atoms with E-state index >= 15 is 0 Å². The highest BCUT2D eigenvalue weighted by atomic mass is 35.5. The van der Waals surface area contributed by atoms with Crippen LogP contribution in [0, 0.1) is 0 Å². The highest BCUT2D eigenvalue weighted by Gasteiger charge is 2.10. The van der Waals surface area contributed by atoms with Crippen molar-refractivity contribution in [1.82, 2.24) is 0 Å². The predicted octanol–water partition coefficient (Wildman–Crippen LogP) is 2.15. The number of rotatable bonds is 7. The van der Waals surface area contributed by atoms with Crippen molar-refractivity contribution < 1.29 is 18.3 Å². The van der Waals surface area contributed by atoms with E-state index in [0.717, 1.165) is 0 Å². The maximum atomic E-state index is 11.6. The summed E-state index contributed by atoms with van der Waals surface area (Å²) in [5, 5.41) is 8.70. The predicted molar refractivity (Wildman–Crippen MR) is 70.8 cm³/mol. The lowest BCUT2D eigenvalue weighted by molar-refractivity contribution is 0.0697. The van der Waals surface area contributed by atoms with Gasteiger partial charge in [0.25, 0.3) is 0 Å². The van der Waals surface area contributed by atoms with E-state index in [0.29, 0.717) is 24.4 Å². The van der Waals surface area contributed by atoms with E-state index in [2.05, 4.69) is 4.72 Å². The molecule has 0 aliphatic carbocycles. The lowest BCUT2D eigenvalue weighted by Crippen LogP contribution is -2.16. The molecule has 2 N–H and O–H groups in total. The number of sulfonamides is 1. The van der Waals surface area contributed by atoms with Crippen molar-refractivity contribution >= 4 is 33.3 Å². The lowest BCUT2D eigenvalue weighted by Gasteiger charge is -2.07. The number of benzene rings is 1. The van der Waals surface area contributed by atoms with Crippen LogP contribution in [0.2, 0.25) is 0 Å². The summed E-state index contributed by atoms with van der Waals surface area (Å²) in [5.41, 5.74) is 0.464. The van der Waals surface area contributed by atoms with Gasteiger partial charge in [0, 0.05) is 11.6 Å². The molecule has 100 valence electrons. The Morgan fingerprint density at radius 3 is 2.33 bits per heavy atom. The molecule has 18 heavy (non-hydrogen) atoms. The molecular weight excluding hydrogens is 278 g/mol. The standard InChI is InChI=1S/C11H14ClNO4S/c12-7-1-2-8-18(16,17)13-10-5-3-9(4-6-10)11(14)15/h3-6,13H,1-2,7-8H2,(H,14,15). The molecule has 0 fully saturated rings. The molecule has 1 aromatic rings. The lowest BCUT2D eigenvalue weighted by atomic mass is 10.2. The van der Waals surface area contributed by atoms with Crippen LogP contribution in [0.1, 0.15) is 23.2 Å². The SMILES string of the molecule is O=C(O)c1ccc(NS(=O)(=O)CCCCCl)cc1. The van der Waals surface area contributed by atoms with Crippen LogP contribution in [0.25, 0.3) is 0 Å². The van der Waals surface area contributed by atoms with Crippen molar-refractivity contribution in [2.45, 2.75) is 12.8 Å². The minimum Gasteiger partial charge on any atom is -0.478 e. The normalized spacial score (nSPS) is 11.2. The fraction of sp³-hybridized carbons (Fsp3) is 0.364. The van der Waals surface area contributed by atoms with Crippen LogP contribution in [-0.2, 0) is 10.0 Å². The van der Waals surface area contributed by atoms with Crippen LogP contribution in [0.3, 0.4) is 0 Å². The van der Waals surface area contributed by atoms with Crippen LogP contribution in [-0.4, -0.2) is 31.1 Å². The quantitative estimate of drug-likeness (QED) is 0.595. The minimum absolute atomic E-state index is 0.000399. The van der Waals surface area contributed by atoms with Gasteiger partial charge < -0.3 is 5.11 Å². The summed E-state index contributed by atoms with van der Waals surface area (Å²) in [7, 11) is -3.40. The first-order valence-corrected chi connectivity index (χ1v) is 7.53. The second kappa shape index (κ2) is 6.61. The number of alkyl halides is 1. The molecule has 1 aromatic carbocycles. The second-order valence-electron chi connectivity index (χ2n) is 3.70. The number of unbranched alkanes of at least 4 members (excludes halogenated alkanes) is 1. The van der Waals surface area contributed by atoms with Gasteiger partial charge >= 0.3 is 5.97 Å². The van der Waals surface area contributed by atoms with E-state index in [-0.39, 0.29) is 11.3 Å². The van der Waals surface area contributed by atoms with E-state index in [1.807, 2.05) is 0 Å². The molecule has 1 rings (SSSR count). The van der Waals surface area contributed by atoms with E-state index < -0.39 is 16.0 Å². The van der Waals surface area contributed by atoms with E-state index in [1.165, 1.54) is 24.3 Å². The van der Waals surface area contributed by atoms with Gasteiger partial charge in [-0.25, -0.2) is 13.2 Å². The van der Waals surface area contributed by atoms with E-state index in [1.54, 1.807) is 0 Å². The number of nitrogens with one attached hydrogen (secondary N) is 1. The number of hydrogen-bond acceptors (Lipinski definition) is 3. The first kappa shape index (κ1) is 14.8. The van der Waals surface area contributed by atoms with Gasteiger partial charge in [-0.15, -0.1) is 11.6 Å². The molecule has 0 atom stereocenters. The zero-order valence-electron chi connectivity index (χ0n) is 9.60. The fourth-order valence-corrected chi connectivity index (χ4v) is 2.67. The summed E-state index contributed by atoms with van der Waals surface area (Å²) in [6.45, 7) is 0. The summed E-state index contributed by atoms with van der Waals surface area (Å²) >= 11 is 5.47. The van der Waals surface area contributed by atoms with Crippen molar-refractivity contribution in [3.8, 4) is 0 Å². The molecule has 0 amide bonds. The number of aromatic carboxylic acids is 1. The summed E-state index contributed by atoms with van der Waals surface area (Å²) < 4.78 is 25.6. The van der Waals surface area contributed by atoms with Gasteiger partial charge in [-0.3, -0.25) is 4.72 Å². The molecule has 0 unspecified atom stereocenters. The Balaban J connectivity index is 2.63. The summed E-state index contributed by atoms with van der Waals surface area (Å²) in [6, 6.07) is 5.53. The molecular formula is C11H14ClNO4S. The number of hydrogen-bond donors (Lipinski definition) is 2. The highest BCUT2D eigenvalue weighted by Crippen LogP contribution is 2.12. The Morgan fingerprint density at radius 2 is 1.83 bits per heavy atom. The molecule has 0 spiro atoms. The summed E-state index contributed by atoms with van der Waals surface area (Å²) in [4.78, 5) is 10.6. The van der Waals surface area contributed by atoms with Crippen LogP contribution in [0.15, 0.2) is 24.3 Å². The molecule has 0 aromatic heterocycles. The molecule has 0 bridgehead atoms. The van der Waals surface area contributed by atoms with Crippen molar-refractivity contribution in [2.75, 3.05) is 16.4 Å². The van der Waals surface area contributed by atoms with Gasteiger partial charge in [-0.1, -0.05) is 0 Å². The average Bonchev–Trinajstić information content (AvgIpc) is 2.29. The zero-order valence-corrected chi connectivity index (χ0v) is 11.2. The summed E-state index contributed by atoms with van der Waals surface area (Å²) in [5.74, 6) is -0.616. The maximum Gasteiger partial charge on any atom is 0.335 e. The Kier molecular flexibility index (Phi) is 5.43. The van der Waals surface area contributed by atoms with Crippen molar-refractivity contribution in [3.63, 3.8) is 0 Å². The van der Waals surface area contributed by atoms with Crippen molar-refractivity contribution in [3.05, 3.63) is 29.8 Å². The Hall–Kier alpha value is -1.27. The van der Waals surface area contributed by atoms with Gasteiger partial charge in [0.05, 0.1) is 11.3 Å². The minimum atomic E-state index is -3.40. The Morgan fingerprint density at radius 1 is 1.22 bits per heavy atom. The number of halogens is 1. The van der Waals surface area contributed by atoms with Crippen molar-refractivity contribution in [1.29, 1.82) is 0 Å². The molecule has 7 heteroatoms. The monoisotopic (exact) mass is 291 g/mol. The van der Waals surface area contributed by atoms with Gasteiger partial charge in [0.1, 0.15) is 0 Å². The highest BCUT2D eigenvalue weighted by molar-refractivity contribution is 7.92. The molecule has 0 saturated heterocycles. The number of carboxylic acids is 1. The second-order valence-corrected chi connectivity index (χ2v) is 5.92. The molecule has 0 saturated carbocycles. The molecule has 0 heterocycles. The number of carboxylic acid groups (broad SMARTS) is 1. The van der Waals surface area contributed by atoms with Gasteiger partial charge in [0.15, 0.2) is 0 Å². The third kappa shape index (κ3) is 4.93.